The van der Waals surface area contributed by atoms with Crippen molar-refractivity contribution in [2.75, 3.05) is 0 Å². The molecule has 2 rings (SSSR count). The minimum absolute atomic E-state index is 0.436. The Balaban J connectivity index is 2.46. The third kappa shape index (κ3) is 3.85. The highest BCUT2D eigenvalue weighted by atomic mass is 32.2. The molecule has 1 atom stereocenters. The van der Waals surface area contributed by atoms with Gasteiger partial charge in [-0.05, 0) is 23.3 Å². The van der Waals surface area contributed by atoms with Crippen LogP contribution in [0.4, 0.5) is 4.39 Å². The van der Waals surface area contributed by atoms with Crippen LogP contribution in [0.5, 0.6) is 0 Å². The van der Waals surface area contributed by atoms with Crippen LogP contribution >= 0.6 is 0 Å². The van der Waals surface area contributed by atoms with Crippen molar-refractivity contribution in [3.05, 3.63) is 71.5 Å². The fraction of sp³-hybridized carbons (Fsp3) is 0.0769. The van der Waals surface area contributed by atoms with Gasteiger partial charge < -0.3 is 0 Å². The third-order valence-electron chi connectivity index (χ3n) is 2.60. The van der Waals surface area contributed by atoms with E-state index < -0.39 is 22.1 Å². The Hall–Kier alpha value is -1.76. The van der Waals surface area contributed by atoms with Crippen LogP contribution in [-0.2, 0) is 10.2 Å². The van der Waals surface area contributed by atoms with E-state index in [0.717, 1.165) is 0 Å². The Labute approximate surface area is 111 Å². The van der Waals surface area contributed by atoms with Gasteiger partial charge in [0.15, 0.2) is 0 Å². The Bertz CT molecular complexity index is 659. The maximum absolute atomic E-state index is 13.3. The van der Waals surface area contributed by atoms with Gasteiger partial charge in [0.05, 0.1) is 6.04 Å². The molecular weight excluding hydrogens is 267 g/mol. The first kappa shape index (κ1) is 13.7. The van der Waals surface area contributed by atoms with Gasteiger partial charge in [-0.3, -0.25) is 0 Å². The van der Waals surface area contributed by atoms with Gasteiger partial charge in [-0.1, -0.05) is 42.5 Å². The predicted molar refractivity (Wildman–Crippen MR) is 70.9 cm³/mol. The van der Waals surface area contributed by atoms with Gasteiger partial charge >= 0.3 is 0 Å². The van der Waals surface area contributed by atoms with Crippen molar-refractivity contribution in [1.29, 1.82) is 0 Å². The summed E-state index contributed by atoms with van der Waals surface area (Å²) in [5, 5.41) is 5.02. The van der Waals surface area contributed by atoms with E-state index in [1.54, 1.807) is 30.3 Å². The van der Waals surface area contributed by atoms with Gasteiger partial charge in [0.1, 0.15) is 5.82 Å². The summed E-state index contributed by atoms with van der Waals surface area (Å²) >= 11 is 0. The zero-order valence-corrected chi connectivity index (χ0v) is 10.8. The zero-order valence-electron chi connectivity index (χ0n) is 9.95. The largest absolute Gasteiger partial charge is 0.275 e. The van der Waals surface area contributed by atoms with Gasteiger partial charge in [0.25, 0.3) is 10.2 Å². The van der Waals surface area contributed by atoms with Crippen molar-refractivity contribution in [3.63, 3.8) is 0 Å². The van der Waals surface area contributed by atoms with E-state index in [2.05, 4.69) is 4.72 Å². The maximum Gasteiger partial charge on any atom is 0.275 e. The van der Waals surface area contributed by atoms with E-state index in [-0.39, 0.29) is 0 Å². The Morgan fingerprint density at radius 3 is 2.21 bits per heavy atom. The molecule has 0 aliphatic rings. The van der Waals surface area contributed by atoms with E-state index in [1.165, 1.54) is 18.2 Å². The molecule has 0 bridgehead atoms. The van der Waals surface area contributed by atoms with Crippen molar-refractivity contribution in [2.24, 2.45) is 5.14 Å². The Morgan fingerprint density at radius 2 is 1.63 bits per heavy atom. The Morgan fingerprint density at radius 1 is 1.00 bits per heavy atom. The minimum Gasteiger partial charge on any atom is -0.216 e. The Kier molecular flexibility index (Phi) is 3.94. The van der Waals surface area contributed by atoms with Gasteiger partial charge in [-0.2, -0.15) is 13.1 Å². The molecule has 0 aromatic heterocycles. The summed E-state index contributed by atoms with van der Waals surface area (Å²) in [5.41, 5.74) is 1.17. The molecule has 2 aromatic carbocycles. The predicted octanol–water partition coefficient (Wildman–Crippen LogP) is 1.71. The topological polar surface area (TPSA) is 72.2 Å². The van der Waals surface area contributed by atoms with E-state index in [0.29, 0.717) is 11.1 Å². The van der Waals surface area contributed by atoms with Crippen LogP contribution in [0, 0.1) is 5.82 Å². The molecule has 4 nitrogen and oxygen atoms in total. The van der Waals surface area contributed by atoms with Crippen molar-refractivity contribution in [3.8, 4) is 0 Å². The SMILES string of the molecule is NS(=O)(=O)N[C@@H](c1ccccc1)c1cccc(F)c1. The van der Waals surface area contributed by atoms with Crippen LogP contribution < -0.4 is 9.86 Å². The van der Waals surface area contributed by atoms with E-state index in [1.807, 2.05) is 6.07 Å². The number of rotatable bonds is 4. The lowest BCUT2D eigenvalue weighted by Gasteiger charge is -2.18. The molecule has 0 radical (unpaired) electrons. The first-order chi connectivity index (χ1) is 8.96. The summed E-state index contributed by atoms with van der Waals surface area (Å²) in [5.74, 6) is -0.436. The molecule has 0 aliphatic carbocycles. The summed E-state index contributed by atoms with van der Waals surface area (Å²) < 4.78 is 38.1. The van der Waals surface area contributed by atoms with Crippen molar-refractivity contribution in [1.82, 2.24) is 4.72 Å². The molecule has 19 heavy (non-hydrogen) atoms. The summed E-state index contributed by atoms with van der Waals surface area (Å²) in [7, 11) is -3.90. The first-order valence-electron chi connectivity index (χ1n) is 5.56. The zero-order chi connectivity index (χ0) is 13.9. The lowest BCUT2D eigenvalue weighted by atomic mass is 10.00. The molecule has 6 heteroatoms. The molecule has 100 valence electrons. The summed E-state index contributed by atoms with van der Waals surface area (Å²) in [6, 6.07) is 13.8. The molecule has 3 N–H and O–H groups in total. The fourth-order valence-corrected chi connectivity index (χ4v) is 2.43. The first-order valence-corrected chi connectivity index (χ1v) is 7.11. The van der Waals surface area contributed by atoms with Crippen molar-refractivity contribution < 1.29 is 12.8 Å². The quantitative estimate of drug-likeness (QED) is 0.895. The fourth-order valence-electron chi connectivity index (χ4n) is 1.82. The lowest BCUT2D eigenvalue weighted by molar-refractivity contribution is 0.572. The molecule has 0 heterocycles. The van der Waals surface area contributed by atoms with Crippen LogP contribution in [0.3, 0.4) is 0 Å². The van der Waals surface area contributed by atoms with Gasteiger partial charge in [-0.25, -0.2) is 9.53 Å². The number of hydrogen-bond acceptors (Lipinski definition) is 2. The molecule has 0 saturated heterocycles. The van der Waals surface area contributed by atoms with Crippen molar-refractivity contribution in [2.45, 2.75) is 6.04 Å². The summed E-state index contributed by atoms with van der Waals surface area (Å²) in [6.45, 7) is 0. The molecular formula is C13H13FN2O2S. The highest BCUT2D eigenvalue weighted by Crippen LogP contribution is 2.22. The van der Waals surface area contributed by atoms with Crippen LogP contribution in [0.1, 0.15) is 17.2 Å². The highest BCUT2D eigenvalue weighted by molar-refractivity contribution is 7.87. The van der Waals surface area contributed by atoms with Crippen LogP contribution in [0.25, 0.3) is 0 Å². The lowest BCUT2D eigenvalue weighted by Crippen LogP contribution is -2.34. The monoisotopic (exact) mass is 280 g/mol. The molecule has 0 spiro atoms. The van der Waals surface area contributed by atoms with E-state index >= 15 is 0 Å². The number of nitrogens with one attached hydrogen (secondary N) is 1. The molecule has 0 unspecified atom stereocenters. The molecule has 0 saturated carbocycles. The number of hydrogen-bond donors (Lipinski definition) is 2. The van der Waals surface area contributed by atoms with Gasteiger partial charge in [0, 0.05) is 0 Å². The highest BCUT2D eigenvalue weighted by Gasteiger charge is 2.18. The summed E-state index contributed by atoms with van der Waals surface area (Å²) in [4.78, 5) is 0. The molecule has 2 aromatic rings. The minimum atomic E-state index is -3.90. The van der Waals surface area contributed by atoms with E-state index in [9.17, 15) is 12.8 Å². The van der Waals surface area contributed by atoms with Gasteiger partial charge in [-0.15, -0.1) is 0 Å². The average Bonchev–Trinajstić information content (AvgIpc) is 2.36. The van der Waals surface area contributed by atoms with Crippen LogP contribution in [0.2, 0.25) is 0 Å². The smallest absolute Gasteiger partial charge is 0.216 e. The van der Waals surface area contributed by atoms with Gasteiger partial charge in [0.2, 0.25) is 0 Å². The van der Waals surface area contributed by atoms with Crippen LogP contribution in [-0.4, -0.2) is 8.42 Å². The normalized spacial score (nSPS) is 13.2. The second kappa shape index (κ2) is 5.48. The van der Waals surface area contributed by atoms with Crippen molar-refractivity contribution >= 4 is 10.2 Å². The number of halogens is 1. The van der Waals surface area contributed by atoms with E-state index in [4.69, 9.17) is 5.14 Å². The number of nitrogens with two attached hydrogens (primary N) is 1. The molecule has 0 aliphatic heterocycles. The van der Waals surface area contributed by atoms with Crippen LogP contribution in [0.15, 0.2) is 54.6 Å². The maximum atomic E-state index is 13.3. The second-order valence-corrected chi connectivity index (χ2v) is 5.39. The molecule has 0 amide bonds. The molecule has 0 fully saturated rings. The third-order valence-corrected chi connectivity index (χ3v) is 3.16. The standard InChI is InChI=1S/C13H13FN2O2S/c14-12-8-4-7-11(9-12)13(16-19(15,17)18)10-5-2-1-3-6-10/h1-9,13,16H,(H2,15,17,18)/t13-/m0/s1. The average molecular weight is 280 g/mol. The summed E-state index contributed by atoms with van der Waals surface area (Å²) in [6.07, 6.45) is 0. The second-order valence-electron chi connectivity index (χ2n) is 4.06. The number of benzene rings is 2.